The van der Waals surface area contributed by atoms with E-state index in [0.29, 0.717) is 18.4 Å². The Morgan fingerprint density at radius 2 is 2.04 bits per heavy atom. The number of anilines is 1. The summed E-state index contributed by atoms with van der Waals surface area (Å²) in [7, 11) is 0. The molecular formula is C33H32F3N5O4. The van der Waals surface area contributed by atoms with Gasteiger partial charge in [-0.1, -0.05) is 12.0 Å². The van der Waals surface area contributed by atoms with Crippen LogP contribution in [0, 0.1) is 24.0 Å². The third kappa shape index (κ3) is 4.68. The fraction of sp³-hybridized carbons (Fsp3) is 0.424. The number of phenolic OH excluding ortho intramolecular Hbond substituents is 1. The Morgan fingerprint density at radius 1 is 1.22 bits per heavy atom. The van der Waals surface area contributed by atoms with Gasteiger partial charge in [-0.25, -0.2) is 18.2 Å². The van der Waals surface area contributed by atoms with Crippen molar-refractivity contribution in [3.63, 3.8) is 0 Å². The van der Waals surface area contributed by atoms with Crippen LogP contribution in [0.1, 0.15) is 38.7 Å². The molecule has 0 aliphatic carbocycles. The molecule has 3 aliphatic rings. The van der Waals surface area contributed by atoms with Crippen molar-refractivity contribution in [2.75, 3.05) is 37.8 Å². The van der Waals surface area contributed by atoms with Crippen LogP contribution in [0.3, 0.4) is 0 Å². The number of aliphatic hydroxyl groups is 1. The van der Waals surface area contributed by atoms with E-state index in [0.717, 1.165) is 19.4 Å². The molecule has 0 amide bonds. The number of terminal acetylenes is 1. The SMILES string of the molecule is C#Cc1c(F)ccc2cc(O)cc(-c3nc4c5c(nc(OC[C@@]67CCCN6C[C@H](F)C7)nc5c3F)N([C@@H](C)CO)[C@@H](C)CO4)c12. The van der Waals surface area contributed by atoms with Gasteiger partial charge in [-0.15, -0.1) is 6.42 Å². The van der Waals surface area contributed by atoms with Crippen LogP contribution in [0.25, 0.3) is 32.9 Å². The predicted octanol–water partition coefficient (Wildman–Crippen LogP) is 4.73. The van der Waals surface area contributed by atoms with Crippen molar-refractivity contribution in [2.24, 2.45) is 0 Å². The molecule has 2 fully saturated rings. The van der Waals surface area contributed by atoms with E-state index in [9.17, 15) is 19.0 Å². The van der Waals surface area contributed by atoms with Gasteiger partial charge in [-0.3, -0.25) is 4.90 Å². The van der Waals surface area contributed by atoms with Gasteiger partial charge in [0.15, 0.2) is 5.82 Å². The highest BCUT2D eigenvalue weighted by Crippen LogP contribution is 2.44. The number of aromatic nitrogens is 3. The molecule has 0 saturated carbocycles. The summed E-state index contributed by atoms with van der Waals surface area (Å²) in [6.07, 6.45) is 6.73. The van der Waals surface area contributed by atoms with Gasteiger partial charge < -0.3 is 24.6 Å². The van der Waals surface area contributed by atoms with Crippen LogP contribution in [0.15, 0.2) is 24.3 Å². The van der Waals surface area contributed by atoms with E-state index in [1.54, 1.807) is 6.92 Å². The van der Waals surface area contributed by atoms with Gasteiger partial charge in [0.25, 0.3) is 0 Å². The summed E-state index contributed by atoms with van der Waals surface area (Å²) in [5, 5.41) is 21.5. The molecule has 0 unspecified atom stereocenters. The molecule has 0 spiro atoms. The van der Waals surface area contributed by atoms with Crippen LogP contribution in [-0.2, 0) is 0 Å². The van der Waals surface area contributed by atoms with Crippen molar-refractivity contribution >= 4 is 27.5 Å². The maximum Gasteiger partial charge on any atom is 0.319 e. The maximum absolute atomic E-state index is 16.9. The van der Waals surface area contributed by atoms with Gasteiger partial charge in [0, 0.05) is 23.9 Å². The molecule has 4 atom stereocenters. The third-order valence-corrected chi connectivity index (χ3v) is 9.31. The summed E-state index contributed by atoms with van der Waals surface area (Å²) in [5.41, 5.74) is -0.988. The number of alkyl halides is 1. The summed E-state index contributed by atoms with van der Waals surface area (Å²) in [6.45, 7) is 4.81. The lowest BCUT2D eigenvalue weighted by Crippen LogP contribution is -2.45. The Kier molecular flexibility index (Phi) is 7.13. The first-order valence-corrected chi connectivity index (χ1v) is 15.0. The first-order valence-electron chi connectivity index (χ1n) is 15.0. The minimum Gasteiger partial charge on any atom is -0.508 e. The zero-order valence-electron chi connectivity index (χ0n) is 24.9. The molecule has 2 aromatic heterocycles. The fourth-order valence-electron chi connectivity index (χ4n) is 7.26. The normalized spacial score (nSPS) is 23.5. The largest absolute Gasteiger partial charge is 0.508 e. The van der Waals surface area contributed by atoms with Crippen molar-refractivity contribution in [1.29, 1.82) is 0 Å². The summed E-state index contributed by atoms with van der Waals surface area (Å²) >= 11 is 0. The number of pyridine rings is 1. The molecule has 0 radical (unpaired) electrons. The van der Waals surface area contributed by atoms with Gasteiger partial charge >= 0.3 is 6.01 Å². The van der Waals surface area contributed by atoms with Gasteiger partial charge in [-0.2, -0.15) is 9.97 Å². The first kappa shape index (κ1) is 29.4. The summed E-state index contributed by atoms with van der Waals surface area (Å²) in [6, 6.07) is 4.42. The molecule has 2 aromatic carbocycles. The third-order valence-electron chi connectivity index (χ3n) is 9.31. The van der Waals surface area contributed by atoms with E-state index < -0.39 is 29.4 Å². The van der Waals surface area contributed by atoms with E-state index in [4.69, 9.17) is 20.9 Å². The molecule has 2 N–H and O–H groups in total. The first-order chi connectivity index (χ1) is 21.6. The number of fused-ring (bicyclic) bond motifs is 2. The van der Waals surface area contributed by atoms with E-state index in [1.807, 2.05) is 11.8 Å². The summed E-state index contributed by atoms with van der Waals surface area (Å²) in [4.78, 5) is 17.7. The van der Waals surface area contributed by atoms with Crippen LogP contribution in [-0.4, -0.2) is 86.8 Å². The fourth-order valence-corrected chi connectivity index (χ4v) is 7.26. The quantitative estimate of drug-likeness (QED) is 0.297. The molecular weight excluding hydrogens is 587 g/mol. The second-order valence-electron chi connectivity index (χ2n) is 12.3. The minimum atomic E-state index is -0.960. The molecule has 234 valence electrons. The van der Waals surface area contributed by atoms with Gasteiger partial charge in [0.2, 0.25) is 5.88 Å². The topological polar surface area (TPSA) is 104 Å². The molecule has 12 heteroatoms. The number of halogens is 3. The van der Waals surface area contributed by atoms with Crippen LogP contribution >= 0.6 is 0 Å². The molecule has 0 bridgehead atoms. The predicted molar refractivity (Wildman–Crippen MR) is 162 cm³/mol. The molecule has 3 aliphatic heterocycles. The zero-order valence-corrected chi connectivity index (χ0v) is 24.9. The Labute approximate surface area is 257 Å². The standard InChI is InChI=1S/C33H32F3N5O4/c1-4-22-24(35)7-6-19-10-21(43)11-23(25(19)22)28-27(36)29-26-30(41(17(2)14-42)18(3)15-44-31(26)37-28)39-32(38-29)45-16-33-8-5-9-40(33)13-20(34)12-33/h1,6-7,10-11,17-18,20,42-43H,5,8-9,12-16H2,2-3H3/t17-,18-,20+,33-/m0/s1. The Balaban J connectivity index is 1.46. The molecule has 45 heavy (non-hydrogen) atoms. The monoisotopic (exact) mass is 619 g/mol. The maximum atomic E-state index is 16.9. The number of aromatic hydroxyl groups is 1. The number of phenols is 1. The number of aliphatic hydroxyl groups excluding tert-OH is 1. The van der Waals surface area contributed by atoms with E-state index in [1.165, 1.54) is 24.3 Å². The van der Waals surface area contributed by atoms with Crippen molar-refractivity contribution in [3.05, 3.63) is 41.5 Å². The Morgan fingerprint density at radius 3 is 2.82 bits per heavy atom. The van der Waals surface area contributed by atoms with Crippen molar-refractivity contribution in [2.45, 2.75) is 56.9 Å². The van der Waals surface area contributed by atoms with Gasteiger partial charge in [-0.05, 0) is 56.8 Å². The minimum absolute atomic E-state index is 0.0224. The van der Waals surface area contributed by atoms with Gasteiger partial charge in [0.1, 0.15) is 53.4 Å². The lowest BCUT2D eigenvalue weighted by atomic mass is 9.95. The number of rotatable bonds is 6. The molecule has 2 saturated heterocycles. The average molecular weight is 620 g/mol. The van der Waals surface area contributed by atoms with E-state index in [2.05, 4.69) is 20.8 Å². The molecule has 5 heterocycles. The number of hydrogen-bond acceptors (Lipinski definition) is 9. The van der Waals surface area contributed by atoms with Crippen LogP contribution < -0.4 is 14.4 Å². The van der Waals surface area contributed by atoms with Crippen LogP contribution in [0.2, 0.25) is 0 Å². The zero-order chi connectivity index (χ0) is 31.6. The lowest BCUT2D eigenvalue weighted by Gasteiger charge is -2.34. The highest BCUT2D eigenvalue weighted by Gasteiger charge is 2.49. The van der Waals surface area contributed by atoms with Crippen LogP contribution in [0.5, 0.6) is 17.6 Å². The number of benzene rings is 2. The van der Waals surface area contributed by atoms with Crippen LogP contribution in [0.4, 0.5) is 19.0 Å². The van der Waals surface area contributed by atoms with Crippen molar-refractivity contribution in [1.82, 2.24) is 19.9 Å². The second kappa shape index (κ2) is 10.9. The lowest BCUT2D eigenvalue weighted by molar-refractivity contribution is 0.107. The molecule has 4 aromatic rings. The van der Waals surface area contributed by atoms with Crippen molar-refractivity contribution in [3.8, 4) is 41.2 Å². The highest BCUT2D eigenvalue weighted by molar-refractivity contribution is 6.04. The Hall–Kier alpha value is -4.34. The summed E-state index contributed by atoms with van der Waals surface area (Å²) in [5.74, 6) is 0.858. The summed E-state index contributed by atoms with van der Waals surface area (Å²) < 4.78 is 58.5. The molecule has 9 nitrogen and oxygen atoms in total. The van der Waals surface area contributed by atoms with Crippen molar-refractivity contribution < 1.29 is 32.9 Å². The smallest absolute Gasteiger partial charge is 0.319 e. The highest BCUT2D eigenvalue weighted by atomic mass is 19.1. The Bertz CT molecular complexity index is 1880. The van der Waals surface area contributed by atoms with Gasteiger partial charge in [0.05, 0.1) is 29.8 Å². The van der Waals surface area contributed by atoms with E-state index >= 15 is 4.39 Å². The average Bonchev–Trinajstić information content (AvgIpc) is 3.50. The second-order valence-corrected chi connectivity index (χ2v) is 12.3. The van der Waals surface area contributed by atoms with E-state index in [-0.39, 0.29) is 82.4 Å². The number of ether oxygens (including phenoxy) is 2. The number of nitrogens with zero attached hydrogens (tertiary/aromatic N) is 5. The molecule has 7 rings (SSSR count). The number of hydrogen-bond donors (Lipinski definition) is 2.